The zero-order chi connectivity index (χ0) is 49.3. The van der Waals surface area contributed by atoms with Crippen molar-refractivity contribution >= 4 is 5.97 Å². The van der Waals surface area contributed by atoms with Crippen LogP contribution in [-0.4, -0.2) is 36.6 Å². The van der Waals surface area contributed by atoms with E-state index in [2.05, 4.69) is 43.0 Å². The lowest BCUT2D eigenvalue weighted by Gasteiger charge is -2.74. The Labute approximate surface area is 473 Å². The summed E-state index contributed by atoms with van der Waals surface area (Å²) in [5.41, 5.74) is 3.52. The van der Waals surface area contributed by atoms with Crippen LogP contribution in [-0.2, 0) is 11.2 Å². The number of hydrogen-bond donors (Lipinski definition) is 0. The number of hydrogen-bond acceptors (Lipinski definition) is 3. The first-order valence-corrected chi connectivity index (χ1v) is 37.6. The van der Waals surface area contributed by atoms with Gasteiger partial charge >= 0.3 is 5.97 Å². The van der Waals surface area contributed by atoms with E-state index in [4.69, 9.17) is 4.74 Å². The predicted molar refractivity (Wildman–Crippen MR) is 290 cm³/mol. The minimum atomic E-state index is -0.0597. The fourth-order valence-electron chi connectivity index (χ4n) is 49.9. The van der Waals surface area contributed by atoms with Crippen LogP contribution in [0.3, 0.4) is 0 Å². The Morgan fingerprint density at radius 1 is 0.362 bits per heavy atom. The number of nitrogens with zero attached hydrogens (tertiary/aromatic N) is 1. The molecule has 0 N–H and O–H groups in total. The maximum atomic E-state index is 14.0. The summed E-state index contributed by atoms with van der Waals surface area (Å²) < 4.78 is 5.73. The van der Waals surface area contributed by atoms with Crippen LogP contribution in [0.1, 0.15) is 55.5 Å². The van der Waals surface area contributed by atoms with Crippen LogP contribution in [0.4, 0.5) is 0 Å². The van der Waals surface area contributed by atoms with Crippen molar-refractivity contribution in [1.29, 1.82) is 0 Å². The third-order valence-electron chi connectivity index (χ3n) is 44.4. The van der Waals surface area contributed by atoms with Crippen LogP contribution in [0.15, 0.2) is 24.3 Å². The molecule has 33 rings (SSSR count). The van der Waals surface area contributed by atoms with Gasteiger partial charge in [0.15, 0.2) is 0 Å². The van der Waals surface area contributed by atoms with Crippen LogP contribution in [0.5, 0.6) is 0 Å². The maximum absolute atomic E-state index is 14.0. The number of carbonyl (C=O) groups excluding carboxylic acids is 1. The van der Waals surface area contributed by atoms with Crippen LogP contribution >= 0.6 is 0 Å². The third-order valence-corrected chi connectivity index (χ3v) is 44.4. The molecule has 80 heavy (non-hydrogen) atoms. The summed E-state index contributed by atoms with van der Waals surface area (Å²) in [7, 11) is 1.68. The molecular weight excluding hydrogens is 971 g/mol. The maximum Gasteiger partial charge on any atom is 0.337 e. The van der Waals surface area contributed by atoms with E-state index in [0.29, 0.717) is 11.0 Å². The van der Waals surface area contributed by atoms with Gasteiger partial charge in [-0.25, -0.2) is 4.79 Å². The Bertz CT molecular complexity index is 3390. The van der Waals surface area contributed by atoms with E-state index >= 15 is 0 Å². The molecule has 0 radical (unpaired) electrons. The number of carbonyl (C=O) groups is 1. The van der Waals surface area contributed by atoms with Gasteiger partial charge in [0.2, 0.25) is 0 Å². The number of esters is 1. The van der Waals surface area contributed by atoms with E-state index < -0.39 is 0 Å². The monoisotopic (exact) mass is 1060 g/mol. The van der Waals surface area contributed by atoms with Gasteiger partial charge in [-0.3, -0.25) is 4.90 Å². The molecule has 32 saturated carbocycles. The number of rotatable bonds is 10. The Morgan fingerprint density at radius 3 is 0.975 bits per heavy atom. The van der Waals surface area contributed by atoms with E-state index in [-0.39, 0.29) is 5.97 Å². The summed E-state index contributed by atoms with van der Waals surface area (Å²) in [6.45, 7) is 8.23. The Kier molecular flexibility index (Phi) is 5.17. The number of ether oxygens (including phenoxy) is 1. The Balaban J connectivity index is 0.820. The van der Waals surface area contributed by atoms with E-state index in [1.165, 1.54) is 264 Å². The van der Waals surface area contributed by atoms with Gasteiger partial charge in [-0.2, -0.15) is 0 Å². The molecule has 0 aliphatic heterocycles. The summed E-state index contributed by atoms with van der Waals surface area (Å²) in [6, 6.07) is 9.81. The first-order valence-electron chi connectivity index (χ1n) is 37.6. The molecule has 0 bridgehead atoms. The van der Waals surface area contributed by atoms with Crippen molar-refractivity contribution in [3.05, 3.63) is 35.4 Å². The number of methoxy groups -OCH3 is 1. The second-order valence-corrected chi connectivity index (χ2v) is 40.2. The molecule has 1 aromatic carbocycles. The molecule has 60 unspecified atom stereocenters. The van der Waals surface area contributed by atoms with Crippen LogP contribution < -0.4 is 0 Å². The molecule has 3 nitrogen and oxygen atoms in total. The van der Waals surface area contributed by atoms with E-state index in [1.807, 2.05) is 0 Å². The molecule has 32 aliphatic rings. The Hall–Kier alpha value is -1.35. The average molecular weight is 1060 g/mol. The standard InChI is InChI=1S/C77H85NO2/c1-4-6-11-78(12-7-5-2)77-70-62-53-46-33-26-20-19-21-17-18-22(20)31(33)37-35-24(18)27-23(17)34-36-30(21)32-25(19)28-29(26)40-47-39(28)48-45(32)52-50(36)54-41(34)43-38(27)44-42(35)55(51(37)53)66(70)68-57(44)56(43)67-65(54)69-61(52)58(48)63-60(47)64(59(62)49(40)46)73(77)71(63)76(69,72(67)74(68)77)14-15-9-8-10-16(13-15)75(79)80-3/h8-10,13,17-74H,4-7,11-12,14H2,1-3H3. The summed E-state index contributed by atoms with van der Waals surface area (Å²) in [4.78, 5) is 17.8. The van der Waals surface area contributed by atoms with E-state index in [0.717, 1.165) is 130 Å². The van der Waals surface area contributed by atoms with Gasteiger partial charge in [-0.05, 0) is 399 Å². The molecule has 32 fully saturated rings. The lowest BCUT2D eigenvalue weighted by atomic mass is 9.33. The fraction of sp³-hybridized carbons (Fsp3) is 0.909. The molecule has 410 valence electrons. The molecular formula is C77H85NO2. The van der Waals surface area contributed by atoms with Crippen molar-refractivity contribution in [2.24, 2.45) is 349 Å². The minimum absolute atomic E-state index is 0.0597. The normalized spacial score (nSPS) is 85.8. The van der Waals surface area contributed by atoms with Crippen molar-refractivity contribution in [1.82, 2.24) is 4.90 Å². The second kappa shape index (κ2) is 10.5. The highest BCUT2D eigenvalue weighted by Crippen LogP contribution is 3.07. The SMILES string of the molecule is CCCCN(CCCC)C12C3C4C5C6C7C8C9C%10C%11C%12C%13C9C7C7C9C%13C%13C%12C%12C%14C%11C%11C%10C%10C8C8C%15C%10C%10C%11C%11C%14C%14C%12C%12C%13C%13C9C(C75)C3C3C%13C%12C5C%14C7C%11C%10C9C%15C(C4C86)C1C9C7(Cc1cccc(C(=O)OC)c1)C5C32. The molecule has 0 amide bonds. The fourth-order valence-corrected chi connectivity index (χ4v) is 49.9. The number of unbranched alkanes of at least 4 members (excludes halogenated alkanes) is 2. The smallest absolute Gasteiger partial charge is 0.337 e. The molecule has 3 heteroatoms. The van der Waals surface area contributed by atoms with Crippen molar-refractivity contribution in [2.75, 3.05) is 20.2 Å². The topological polar surface area (TPSA) is 29.5 Å². The molecule has 0 heterocycles. The summed E-state index contributed by atoms with van der Waals surface area (Å²) >= 11 is 0. The van der Waals surface area contributed by atoms with Crippen molar-refractivity contribution in [2.45, 2.75) is 51.5 Å². The van der Waals surface area contributed by atoms with Gasteiger partial charge in [-0.1, -0.05) is 38.8 Å². The first kappa shape index (κ1) is 39.4. The molecule has 0 saturated heterocycles. The molecule has 0 aromatic heterocycles. The number of benzene rings is 1. The average Bonchev–Trinajstić information content (AvgIpc) is 1.47. The molecule has 1 aromatic rings. The van der Waals surface area contributed by atoms with Gasteiger partial charge in [-0.15, -0.1) is 0 Å². The minimum Gasteiger partial charge on any atom is -0.465 e. The highest BCUT2D eigenvalue weighted by molar-refractivity contribution is 5.89. The van der Waals surface area contributed by atoms with Crippen molar-refractivity contribution < 1.29 is 9.53 Å². The zero-order valence-electron chi connectivity index (χ0n) is 47.5. The molecule has 0 spiro atoms. The molecule has 32 aliphatic carbocycles. The second-order valence-electron chi connectivity index (χ2n) is 40.2. The van der Waals surface area contributed by atoms with Gasteiger partial charge in [0, 0.05) is 5.54 Å². The molecule has 60 atom stereocenters. The van der Waals surface area contributed by atoms with E-state index in [9.17, 15) is 4.79 Å². The van der Waals surface area contributed by atoms with Crippen LogP contribution in [0.2, 0.25) is 0 Å². The Morgan fingerprint density at radius 2 is 0.625 bits per heavy atom. The third kappa shape index (κ3) is 2.67. The first-order chi connectivity index (χ1) is 39.7. The lowest BCUT2D eigenvalue weighted by Crippen LogP contribution is -2.77. The van der Waals surface area contributed by atoms with Gasteiger partial charge in [0.25, 0.3) is 0 Å². The van der Waals surface area contributed by atoms with Gasteiger partial charge < -0.3 is 4.74 Å². The van der Waals surface area contributed by atoms with Crippen LogP contribution in [0.25, 0.3) is 0 Å². The lowest BCUT2D eigenvalue weighted by molar-refractivity contribution is -0.261. The summed E-state index contributed by atoms with van der Waals surface area (Å²) in [5, 5.41) is 0. The van der Waals surface area contributed by atoms with Crippen molar-refractivity contribution in [3.8, 4) is 0 Å². The zero-order valence-corrected chi connectivity index (χ0v) is 47.5. The summed E-state index contributed by atoms with van der Waals surface area (Å²) in [6.07, 6.45) is 7.18. The van der Waals surface area contributed by atoms with Gasteiger partial charge in [0.1, 0.15) is 0 Å². The largest absolute Gasteiger partial charge is 0.465 e. The predicted octanol–water partition coefficient (Wildman–Crippen LogP) is 10.8. The van der Waals surface area contributed by atoms with Gasteiger partial charge in [0.05, 0.1) is 12.7 Å². The van der Waals surface area contributed by atoms with E-state index in [1.54, 1.807) is 12.7 Å². The highest BCUT2D eigenvalue weighted by atomic mass is 16.5. The van der Waals surface area contributed by atoms with Crippen molar-refractivity contribution in [3.63, 3.8) is 0 Å². The van der Waals surface area contributed by atoms with Crippen LogP contribution in [0, 0.1) is 349 Å². The summed E-state index contributed by atoms with van der Waals surface area (Å²) in [5.74, 6) is 67.9. The quantitative estimate of drug-likeness (QED) is 0.219. The highest BCUT2D eigenvalue weighted by Gasteiger charge is 3.05.